The molecule has 17 heavy (non-hydrogen) atoms. The van der Waals surface area contributed by atoms with Gasteiger partial charge in [-0.25, -0.2) is 4.98 Å². The first kappa shape index (κ1) is 12.1. The first-order chi connectivity index (χ1) is 8.24. The molecule has 0 saturated heterocycles. The van der Waals surface area contributed by atoms with Crippen molar-refractivity contribution in [2.75, 3.05) is 0 Å². The van der Waals surface area contributed by atoms with Gasteiger partial charge in [0.25, 0.3) is 0 Å². The van der Waals surface area contributed by atoms with Crippen molar-refractivity contribution in [2.24, 2.45) is 0 Å². The van der Waals surface area contributed by atoms with Crippen LogP contribution >= 0.6 is 11.8 Å². The van der Waals surface area contributed by atoms with E-state index in [-0.39, 0.29) is 0 Å². The van der Waals surface area contributed by atoms with Crippen LogP contribution in [0.15, 0.2) is 40.6 Å². The first-order valence-electron chi connectivity index (χ1n) is 5.59. The Hall–Kier alpha value is -1.33. The Balaban J connectivity index is 1.93. The SMILES string of the molecule is CC(C)NCc1ccc(Sc2ncn[nH]2)cc1. The Kier molecular flexibility index (Phi) is 4.17. The van der Waals surface area contributed by atoms with Gasteiger partial charge in [-0.1, -0.05) is 37.7 Å². The Morgan fingerprint density at radius 1 is 1.29 bits per heavy atom. The molecule has 0 saturated carbocycles. The predicted octanol–water partition coefficient (Wildman–Crippen LogP) is 2.45. The van der Waals surface area contributed by atoms with E-state index in [4.69, 9.17) is 0 Å². The van der Waals surface area contributed by atoms with Crippen molar-refractivity contribution in [1.29, 1.82) is 0 Å². The monoisotopic (exact) mass is 248 g/mol. The van der Waals surface area contributed by atoms with Gasteiger partial charge in [-0.05, 0) is 17.7 Å². The topological polar surface area (TPSA) is 53.6 Å². The highest BCUT2D eigenvalue weighted by molar-refractivity contribution is 7.99. The average molecular weight is 248 g/mol. The molecule has 1 aromatic heterocycles. The van der Waals surface area contributed by atoms with Gasteiger partial charge in [0.15, 0.2) is 5.16 Å². The zero-order valence-corrected chi connectivity index (χ0v) is 10.8. The molecular weight excluding hydrogens is 232 g/mol. The van der Waals surface area contributed by atoms with Crippen molar-refractivity contribution in [3.05, 3.63) is 36.2 Å². The van der Waals surface area contributed by atoms with E-state index in [2.05, 4.69) is 58.6 Å². The largest absolute Gasteiger partial charge is 0.310 e. The number of rotatable bonds is 5. The van der Waals surface area contributed by atoms with Gasteiger partial charge in [-0.2, -0.15) is 5.10 Å². The second-order valence-electron chi connectivity index (χ2n) is 4.07. The summed E-state index contributed by atoms with van der Waals surface area (Å²) in [6.45, 7) is 5.20. The van der Waals surface area contributed by atoms with Crippen molar-refractivity contribution in [3.8, 4) is 0 Å². The number of hydrogen-bond acceptors (Lipinski definition) is 4. The molecule has 0 fully saturated rings. The van der Waals surface area contributed by atoms with Gasteiger partial charge in [0.05, 0.1) is 0 Å². The van der Waals surface area contributed by atoms with Gasteiger partial charge in [0, 0.05) is 17.5 Å². The number of H-pyrrole nitrogens is 1. The summed E-state index contributed by atoms with van der Waals surface area (Å²) < 4.78 is 0. The van der Waals surface area contributed by atoms with Crippen molar-refractivity contribution in [2.45, 2.75) is 36.5 Å². The maximum absolute atomic E-state index is 4.08. The van der Waals surface area contributed by atoms with Crippen LogP contribution in [-0.4, -0.2) is 21.2 Å². The lowest BCUT2D eigenvalue weighted by molar-refractivity contribution is 0.588. The summed E-state index contributed by atoms with van der Waals surface area (Å²) in [5.74, 6) is 0. The molecule has 0 atom stereocenters. The molecule has 1 heterocycles. The van der Waals surface area contributed by atoms with Crippen LogP contribution in [0.2, 0.25) is 0 Å². The second-order valence-corrected chi connectivity index (χ2v) is 5.13. The highest BCUT2D eigenvalue weighted by atomic mass is 32.2. The predicted molar refractivity (Wildman–Crippen MR) is 68.9 cm³/mol. The third kappa shape index (κ3) is 3.87. The van der Waals surface area contributed by atoms with Crippen LogP contribution in [-0.2, 0) is 6.54 Å². The molecule has 0 unspecified atom stereocenters. The molecule has 2 aromatic rings. The van der Waals surface area contributed by atoms with Crippen LogP contribution in [0.4, 0.5) is 0 Å². The second kappa shape index (κ2) is 5.84. The summed E-state index contributed by atoms with van der Waals surface area (Å²) in [5, 5.41) is 10.9. The van der Waals surface area contributed by atoms with Crippen molar-refractivity contribution < 1.29 is 0 Å². The first-order valence-corrected chi connectivity index (χ1v) is 6.41. The molecule has 0 aliphatic heterocycles. The maximum Gasteiger partial charge on any atom is 0.188 e. The van der Waals surface area contributed by atoms with Gasteiger partial charge in [-0.3, -0.25) is 5.10 Å². The highest BCUT2D eigenvalue weighted by Gasteiger charge is 2.00. The molecule has 2 rings (SSSR count). The van der Waals surface area contributed by atoms with Crippen molar-refractivity contribution >= 4 is 11.8 Å². The fraction of sp³-hybridized carbons (Fsp3) is 0.333. The minimum absolute atomic E-state index is 0.512. The number of benzene rings is 1. The molecule has 1 aromatic carbocycles. The molecule has 4 nitrogen and oxygen atoms in total. The Bertz CT molecular complexity index is 436. The van der Waals surface area contributed by atoms with Crippen LogP contribution in [0.3, 0.4) is 0 Å². The van der Waals surface area contributed by atoms with Crippen LogP contribution in [0.25, 0.3) is 0 Å². The van der Waals surface area contributed by atoms with Gasteiger partial charge in [-0.15, -0.1) is 0 Å². The summed E-state index contributed by atoms with van der Waals surface area (Å²) in [5.41, 5.74) is 1.29. The van der Waals surface area contributed by atoms with E-state index in [1.54, 1.807) is 11.8 Å². The van der Waals surface area contributed by atoms with Gasteiger partial charge in [0.2, 0.25) is 0 Å². The number of nitrogens with one attached hydrogen (secondary N) is 2. The van der Waals surface area contributed by atoms with E-state index in [1.165, 1.54) is 11.9 Å². The highest BCUT2D eigenvalue weighted by Crippen LogP contribution is 2.23. The molecule has 0 radical (unpaired) electrons. The van der Waals surface area contributed by atoms with Crippen LogP contribution < -0.4 is 5.32 Å². The molecule has 0 aliphatic carbocycles. The Morgan fingerprint density at radius 2 is 2.06 bits per heavy atom. The lowest BCUT2D eigenvalue weighted by Crippen LogP contribution is -2.21. The zero-order chi connectivity index (χ0) is 12.1. The summed E-state index contributed by atoms with van der Waals surface area (Å²) in [6, 6.07) is 8.98. The van der Waals surface area contributed by atoms with E-state index in [9.17, 15) is 0 Å². The minimum atomic E-state index is 0.512. The van der Waals surface area contributed by atoms with E-state index in [0.29, 0.717) is 6.04 Å². The zero-order valence-electron chi connectivity index (χ0n) is 9.97. The number of nitrogens with zero attached hydrogens (tertiary/aromatic N) is 2. The summed E-state index contributed by atoms with van der Waals surface area (Å²) in [7, 11) is 0. The third-order valence-electron chi connectivity index (χ3n) is 2.25. The maximum atomic E-state index is 4.08. The van der Waals surface area contributed by atoms with Crippen LogP contribution in [0, 0.1) is 0 Å². The minimum Gasteiger partial charge on any atom is -0.310 e. The van der Waals surface area contributed by atoms with E-state index >= 15 is 0 Å². The summed E-state index contributed by atoms with van der Waals surface area (Å²) in [6.07, 6.45) is 1.52. The third-order valence-corrected chi connectivity index (χ3v) is 3.14. The van der Waals surface area contributed by atoms with E-state index < -0.39 is 0 Å². The Labute approximate surface area is 105 Å². The lowest BCUT2D eigenvalue weighted by Gasteiger charge is -2.08. The van der Waals surface area contributed by atoms with Crippen LogP contribution in [0.1, 0.15) is 19.4 Å². The number of aromatic nitrogens is 3. The van der Waals surface area contributed by atoms with Gasteiger partial charge < -0.3 is 5.32 Å². The Morgan fingerprint density at radius 3 is 2.65 bits per heavy atom. The summed E-state index contributed by atoms with van der Waals surface area (Å²) in [4.78, 5) is 5.24. The van der Waals surface area contributed by atoms with Crippen LogP contribution in [0.5, 0.6) is 0 Å². The molecule has 0 bridgehead atoms. The van der Waals surface area contributed by atoms with E-state index in [1.807, 2.05) is 0 Å². The molecular formula is C12H16N4S. The molecule has 2 N–H and O–H groups in total. The average Bonchev–Trinajstić information content (AvgIpc) is 2.81. The van der Waals surface area contributed by atoms with Gasteiger partial charge in [0.1, 0.15) is 6.33 Å². The van der Waals surface area contributed by atoms with Crippen molar-refractivity contribution in [3.63, 3.8) is 0 Å². The fourth-order valence-electron chi connectivity index (χ4n) is 1.35. The van der Waals surface area contributed by atoms with Crippen molar-refractivity contribution in [1.82, 2.24) is 20.5 Å². The molecule has 5 heteroatoms. The lowest BCUT2D eigenvalue weighted by atomic mass is 10.2. The molecule has 0 spiro atoms. The number of aromatic amines is 1. The quantitative estimate of drug-likeness (QED) is 0.853. The normalized spacial score (nSPS) is 11.0. The fourth-order valence-corrected chi connectivity index (χ4v) is 2.05. The smallest absolute Gasteiger partial charge is 0.188 e. The number of hydrogen-bond donors (Lipinski definition) is 2. The molecule has 0 amide bonds. The standard InChI is InChI=1S/C12H16N4S/c1-9(2)13-7-10-3-5-11(6-4-10)17-12-14-8-15-16-12/h3-6,8-9,13H,7H2,1-2H3,(H,14,15,16). The van der Waals surface area contributed by atoms with Gasteiger partial charge >= 0.3 is 0 Å². The van der Waals surface area contributed by atoms with E-state index in [0.717, 1.165) is 16.6 Å². The molecule has 0 aliphatic rings. The molecule has 90 valence electrons. The summed E-state index contributed by atoms with van der Waals surface area (Å²) >= 11 is 1.58.